The summed E-state index contributed by atoms with van der Waals surface area (Å²) in [6.45, 7) is 10.8. The Kier molecular flexibility index (Phi) is 12.1. The highest BCUT2D eigenvalue weighted by Gasteiger charge is 2.27. The van der Waals surface area contributed by atoms with Crippen molar-refractivity contribution in [1.82, 2.24) is 15.5 Å². The van der Waals surface area contributed by atoms with Crippen LogP contribution in [0.5, 0.6) is 5.75 Å². The largest absolute Gasteiger partial charge is 0.494 e. The highest BCUT2D eigenvalue weighted by atomic mass is 127. The van der Waals surface area contributed by atoms with Crippen LogP contribution in [-0.2, 0) is 12.1 Å². The number of nitrogens with zero attached hydrogens (tertiary/aromatic N) is 2. The Morgan fingerprint density at radius 3 is 2.44 bits per heavy atom. The van der Waals surface area contributed by atoms with E-state index in [0.717, 1.165) is 47.9 Å². The molecule has 1 aromatic heterocycles. The Labute approximate surface area is 209 Å². The maximum atomic E-state index is 10.9. The third-order valence-electron chi connectivity index (χ3n) is 4.93. The number of furan rings is 1. The van der Waals surface area contributed by atoms with Crippen LogP contribution < -0.4 is 15.4 Å². The second-order valence-corrected chi connectivity index (χ2v) is 8.30. The second-order valence-electron chi connectivity index (χ2n) is 8.30. The number of aryl methyl sites for hydroxylation is 2. The fraction of sp³-hybridized carbons (Fsp3) is 0.542. The zero-order valence-electron chi connectivity index (χ0n) is 20.2. The molecule has 1 heterocycles. The average Bonchev–Trinajstić information content (AvgIpc) is 3.07. The Balaban J connectivity index is 0.00000512. The monoisotopic (exact) mass is 558 g/mol. The SMILES string of the molecule is CCNC(=NCc1ccc(OCCCN(C)C)cc1)NCC(C)(O)c1cc(C)oc1C.I. The van der Waals surface area contributed by atoms with Gasteiger partial charge in [-0.15, -0.1) is 24.0 Å². The number of rotatable bonds is 11. The van der Waals surface area contributed by atoms with Gasteiger partial charge in [0.15, 0.2) is 5.96 Å². The Morgan fingerprint density at radius 2 is 1.88 bits per heavy atom. The van der Waals surface area contributed by atoms with Crippen LogP contribution >= 0.6 is 24.0 Å². The van der Waals surface area contributed by atoms with Gasteiger partial charge in [-0.2, -0.15) is 0 Å². The third-order valence-corrected chi connectivity index (χ3v) is 4.93. The zero-order valence-corrected chi connectivity index (χ0v) is 22.5. The minimum atomic E-state index is -1.07. The van der Waals surface area contributed by atoms with Crippen molar-refractivity contribution in [3.63, 3.8) is 0 Å². The maximum Gasteiger partial charge on any atom is 0.191 e. The predicted molar refractivity (Wildman–Crippen MR) is 141 cm³/mol. The summed E-state index contributed by atoms with van der Waals surface area (Å²) >= 11 is 0. The van der Waals surface area contributed by atoms with E-state index in [-0.39, 0.29) is 24.0 Å². The van der Waals surface area contributed by atoms with Gasteiger partial charge < -0.3 is 29.8 Å². The number of aliphatic imine (C=N–C) groups is 1. The lowest BCUT2D eigenvalue weighted by Crippen LogP contribution is -2.44. The van der Waals surface area contributed by atoms with Crippen LogP contribution in [0, 0.1) is 13.8 Å². The van der Waals surface area contributed by atoms with E-state index in [4.69, 9.17) is 9.15 Å². The highest BCUT2D eigenvalue weighted by molar-refractivity contribution is 14.0. The van der Waals surface area contributed by atoms with Crippen molar-refractivity contribution in [2.45, 2.75) is 46.3 Å². The summed E-state index contributed by atoms with van der Waals surface area (Å²) < 4.78 is 11.3. The van der Waals surface area contributed by atoms with Crippen molar-refractivity contribution in [2.75, 3.05) is 40.3 Å². The number of nitrogens with one attached hydrogen (secondary N) is 2. The summed E-state index contributed by atoms with van der Waals surface area (Å²) in [7, 11) is 4.12. The number of halogens is 1. The molecule has 32 heavy (non-hydrogen) atoms. The van der Waals surface area contributed by atoms with Crippen LogP contribution in [0.25, 0.3) is 0 Å². The first-order valence-electron chi connectivity index (χ1n) is 10.9. The van der Waals surface area contributed by atoms with E-state index in [9.17, 15) is 5.11 Å². The van der Waals surface area contributed by atoms with Gasteiger partial charge in [0.25, 0.3) is 0 Å². The molecule has 0 aliphatic heterocycles. The molecule has 2 aromatic rings. The van der Waals surface area contributed by atoms with Gasteiger partial charge in [0.2, 0.25) is 0 Å². The molecular formula is C24H39IN4O3. The summed E-state index contributed by atoms with van der Waals surface area (Å²) in [5.41, 5.74) is 0.810. The van der Waals surface area contributed by atoms with Crippen molar-refractivity contribution < 1.29 is 14.3 Å². The van der Waals surface area contributed by atoms with Crippen molar-refractivity contribution >= 4 is 29.9 Å². The minimum absolute atomic E-state index is 0. The minimum Gasteiger partial charge on any atom is -0.494 e. The van der Waals surface area contributed by atoms with Gasteiger partial charge in [0, 0.05) is 18.7 Å². The summed E-state index contributed by atoms with van der Waals surface area (Å²) in [4.78, 5) is 6.80. The molecule has 0 amide bonds. The number of ether oxygens (including phenoxy) is 1. The summed E-state index contributed by atoms with van der Waals surface area (Å²) in [6.07, 6.45) is 0.998. The summed E-state index contributed by atoms with van der Waals surface area (Å²) in [6, 6.07) is 9.90. The lowest BCUT2D eigenvalue weighted by Gasteiger charge is -2.24. The molecule has 7 nitrogen and oxygen atoms in total. The van der Waals surface area contributed by atoms with Gasteiger partial charge in [-0.1, -0.05) is 12.1 Å². The maximum absolute atomic E-state index is 10.9. The molecule has 0 fully saturated rings. The van der Waals surface area contributed by atoms with Crippen molar-refractivity contribution in [3.8, 4) is 5.75 Å². The lowest BCUT2D eigenvalue weighted by atomic mass is 9.96. The van der Waals surface area contributed by atoms with Gasteiger partial charge in [-0.25, -0.2) is 4.99 Å². The van der Waals surface area contributed by atoms with Crippen LogP contribution in [-0.4, -0.2) is 56.3 Å². The quantitative estimate of drug-likeness (QED) is 0.169. The van der Waals surface area contributed by atoms with E-state index in [2.05, 4.69) is 34.6 Å². The molecule has 8 heteroatoms. The first-order chi connectivity index (χ1) is 14.7. The van der Waals surface area contributed by atoms with Crippen molar-refractivity contribution in [2.24, 2.45) is 4.99 Å². The Hall–Kier alpha value is -1.78. The molecule has 0 saturated heterocycles. The fourth-order valence-corrected chi connectivity index (χ4v) is 3.29. The van der Waals surface area contributed by atoms with Gasteiger partial charge >= 0.3 is 0 Å². The lowest BCUT2D eigenvalue weighted by molar-refractivity contribution is 0.0601. The molecule has 0 saturated carbocycles. The number of benzene rings is 1. The summed E-state index contributed by atoms with van der Waals surface area (Å²) in [5, 5.41) is 17.4. The van der Waals surface area contributed by atoms with Gasteiger partial charge in [-0.05, 0) is 72.0 Å². The second kappa shape index (κ2) is 13.7. The third kappa shape index (κ3) is 9.38. The average molecular weight is 559 g/mol. The van der Waals surface area contributed by atoms with Gasteiger partial charge in [0.05, 0.1) is 19.7 Å². The number of aliphatic hydroxyl groups is 1. The highest BCUT2D eigenvalue weighted by Crippen LogP contribution is 2.26. The number of hydrogen-bond donors (Lipinski definition) is 3. The molecule has 2 rings (SSSR count). The van der Waals surface area contributed by atoms with Gasteiger partial charge in [-0.3, -0.25) is 0 Å². The molecule has 0 aliphatic rings. The molecule has 0 bridgehead atoms. The molecule has 0 aliphatic carbocycles. The number of hydrogen-bond acceptors (Lipinski definition) is 5. The predicted octanol–water partition coefficient (Wildman–Crippen LogP) is 3.81. The fourth-order valence-electron chi connectivity index (χ4n) is 3.29. The molecule has 0 radical (unpaired) electrons. The van der Waals surface area contributed by atoms with Crippen LogP contribution in [0.2, 0.25) is 0 Å². The topological polar surface area (TPSA) is 82.3 Å². The first kappa shape index (κ1) is 28.3. The van der Waals surface area contributed by atoms with Crippen LogP contribution in [0.3, 0.4) is 0 Å². The molecule has 1 unspecified atom stereocenters. The van der Waals surface area contributed by atoms with E-state index >= 15 is 0 Å². The van der Waals surface area contributed by atoms with Crippen LogP contribution in [0.15, 0.2) is 39.7 Å². The molecule has 1 aromatic carbocycles. The molecule has 180 valence electrons. The Morgan fingerprint density at radius 1 is 1.19 bits per heavy atom. The van der Waals surface area contributed by atoms with E-state index in [1.54, 1.807) is 6.92 Å². The Bertz CT molecular complexity index is 832. The zero-order chi connectivity index (χ0) is 22.9. The van der Waals surface area contributed by atoms with E-state index < -0.39 is 5.60 Å². The van der Waals surface area contributed by atoms with Crippen LogP contribution in [0.1, 0.15) is 42.9 Å². The standard InChI is InChI=1S/C24H38N4O3.HI/c1-7-25-23(27-17-24(4,29)22-15-18(2)31-19(22)3)26-16-20-9-11-21(12-10-20)30-14-8-13-28(5)6;/h9-12,15,29H,7-8,13-14,16-17H2,1-6H3,(H2,25,26,27);1H. The normalized spacial score (nSPS) is 13.4. The van der Waals surface area contributed by atoms with Crippen molar-refractivity contribution in [1.29, 1.82) is 0 Å². The van der Waals surface area contributed by atoms with E-state index in [0.29, 0.717) is 25.7 Å². The van der Waals surface area contributed by atoms with Crippen molar-refractivity contribution in [3.05, 3.63) is 53.0 Å². The first-order valence-corrected chi connectivity index (χ1v) is 10.9. The molecular weight excluding hydrogens is 519 g/mol. The molecule has 1 atom stereocenters. The van der Waals surface area contributed by atoms with Gasteiger partial charge in [0.1, 0.15) is 22.9 Å². The number of guanidine groups is 1. The van der Waals surface area contributed by atoms with E-state index in [1.165, 1.54) is 0 Å². The summed E-state index contributed by atoms with van der Waals surface area (Å²) in [5.74, 6) is 3.05. The molecule has 3 N–H and O–H groups in total. The van der Waals surface area contributed by atoms with E-state index in [1.807, 2.05) is 51.1 Å². The molecule has 0 spiro atoms. The smallest absolute Gasteiger partial charge is 0.191 e. The van der Waals surface area contributed by atoms with Crippen LogP contribution in [0.4, 0.5) is 0 Å².